The summed E-state index contributed by atoms with van der Waals surface area (Å²) in [6.45, 7) is 0. The molecule has 2 nitrogen and oxygen atoms in total. The summed E-state index contributed by atoms with van der Waals surface area (Å²) in [6.07, 6.45) is 4.33. The van der Waals surface area contributed by atoms with Gasteiger partial charge in [-0.05, 0) is 48.6 Å². The van der Waals surface area contributed by atoms with E-state index in [-0.39, 0.29) is 5.92 Å². The third-order valence-electron chi connectivity index (χ3n) is 4.57. The molecule has 3 rings (SSSR count). The molecule has 0 radical (unpaired) electrons. The SMILES string of the molecule is CN(c1ccc2ccccc2c1)C1CCC(C#N)CC1. The van der Waals surface area contributed by atoms with Crippen LogP contribution in [0.3, 0.4) is 0 Å². The van der Waals surface area contributed by atoms with Gasteiger partial charge >= 0.3 is 0 Å². The predicted molar refractivity (Wildman–Crippen MR) is 83.7 cm³/mol. The van der Waals surface area contributed by atoms with Crippen LogP contribution in [0.25, 0.3) is 10.8 Å². The zero-order valence-corrected chi connectivity index (χ0v) is 11.9. The smallest absolute Gasteiger partial charge is 0.0655 e. The Hall–Kier alpha value is -2.01. The molecule has 0 atom stereocenters. The first-order valence-electron chi connectivity index (χ1n) is 7.39. The van der Waals surface area contributed by atoms with Crippen molar-refractivity contribution in [3.8, 4) is 6.07 Å². The molecule has 1 fully saturated rings. The third kappa shape index (κ3) is 2.49. The fraction of sp³-hybridized carbons (Fsp3) is 0.389. The summed E-state index contributed by atoms with van der Waals surface area (Å²) in [5.74, 6) is 0.274. The van der Waals surface area contributed by atoms with Gasteiger partial charge in [-0.15, -0.1) is 0 Å². The number of hydrogen-bond donors (Lipinski definition) is 0. The lowest BCUT2D eigenvalue weighted by atomic mass is 9.86. The molecule has 0 aromatic heterocycles. The highest BCUT2D eigenvalue weighted by Gasteiger charge is 2.24. The summed E-state index contributed by atoms with van der Waals surface area (Å²) >= 11 is 0. The summed E-state index contributed by atoms with van der Waals surface area (Å²) in [6, 6.07) is 18.1. The lowest BCUT2D eigenvalue weighted by Gasteiger charge is -2.34. The van der Waals surface area contributed by atoms with Crippen molar-refractivity contribution in [1.82, 2.24) is 0 Å². The maximum atomic E-state index is 8.99. The minimum Gasteiger partial charge on any atom is -0.372 e. The van der Waals surface area contributed by atoms with Crippen molar-refractivity contribution in [3.05, 3.63) is 42.5 Å². The molecule has 0 unspecified atom stereocenters. The lowest BCUT2D eigenvalue weighted by Crippen LogP contribution is -2.34. The van der Waals surface area contributed by atoms with E-state index in [9.17, 15) is 0 Å². The summed E-state index contributed by atoms with van der Waals surface area (Å²) in [7, 11) is 2.18. The monoisotopic (exact) mass is 264 g/mol. The first-order valence-corrected chi connectivity index (χ1v) is 7.39. The van der Waals surface area contributed by atoms with Gasteiger partial charge < -0.3 is 4.90 Å². The normalized spacial score (nSPS) is 22.4. The molecule has 0 bridgehead atoms. The molecule has 2 heteroatoms. The van der Waals surface area contributed by atoms with Crippen LogP contribution >= 0.6 is 0 Å². The van der Waals surface area contributed by atoms with Gasteiger partial charge in [-0.1, -0.05) is 30.3 Å². The second kappa shape index (κ2) is 5.54. The highest BCUT2D eigenvalue weighted by atomic mass is 15.1. The Bertz CT molecular complexity index is 633. The zero-order valence-electron chi connectivity index (χ0n) is 11.9. The molecule has 1 aliphatic carbocycles. The van der Waals surface area contributed by atoms with E-state index in [2.05, 4.69) is 60.5 Å². The van der Waals surface area contributed by atoms with Crippen LogP contribution in [0.4, 0.5) is 5.69 Å². The topological polar surface area (TPSA) is 27.0 Å². The summed E-state index contributed by atoms with van der Waals surface area (Å²) < 4.78 is 0. The number of benzene rings is 2. The van der Waals surface area contributed by atoms with Crippen LogP contribution in [0.2, 0.25) is 0 Å². The number of rotatable bonds is 2. The summed E-state index contributed by atoms with van der Waals surface area (Å²) in [4.78, 5) is 2.39. The van der Waals surface area contributed by atoms with E-state index in [0.717, 1.165) is 25.7 Å². The third-order valence-corrected chi connectivity index (χ3v) is 4.57. The zero-order chi connectivity index (χ0) is 13.9. The van der Waals surface area contributed by atoms with Crippen LogP contribution in [0.5, 0.6) is 0 Å². The number of nitriles is 1. The van der Waals surface area contributed by atoms with Gasteiger partial charge in [0.15, 0.2) is 0 Å². The Balaban J connectivity index is 1.79. The molecule has 0 heterocycles. The van der Waals surface area contributed by atoms with Gasteiger partial charge in [0.1, 0.15) is 0 Å². The minimum absolute atomic E-state index is 0.274. The van der Waals surface area contributed by atoms with Gasteiger partial charge in [0.2, 0.25) is 0 Å². The lowest BCUT2D eigenvalue weighted by molar-refractivity contribution is 0.372. The highest BCUT2D eigenvalue weighted by Crippen LogP contribution is 2.30. The van der Waals surface area contributed by atoms with E-state index >= 15 is 0 Å². The molecule has 0 spiro atoms. The average molecular weight is 264 g/mol. The Morgan fingerprint density at radius 3 is 2.40 bits per heavy atom. The molecule has 0 aliphatic heterocycles. The van der Waals surface area contributed by atoms with Crippen LogP contribution in [0.1, 0.15) is 25.7 Å². The maximum Gasteiger partial charge on any atom is 0.0655 e. The van der Waals surface area contributed by atoms with Crippen molar-refractivity contribution < 1.29 is 0 Å². The first-order chi connectivity index (χ1) is 9.78. The molecule has 2 aromatic rings. The van der Waals surface area contributed by atoms with Crippen LogP contribution in [0.15, 0.2) is 42.5 Å². The van der Waals surface area contributed by atoms with Crippen LogP contribution < -0.4 is 4.90 Å². The largest absolute Gasteiger partial charge is 0.372 e. The van der Waals surface area contributed by atoms with Gasteiger partial charge in [0, 0.05) is 24.7 Å². The van der Waals surface area contributed by atoms with E-state index in [4.69, 9.17) is 5.26 Å². The number of hydrogen-bond acceptors (Lipinski definition) is 2. The fourth-order valence-corrected chi connectivity index (χ4v) is 3.20. The van der Waals surface area contributed by atoms with Crippen molar-refractivity contribution in [2.45, 2.75) is 31.7 Å². The van der Waals surface area contributed by atoms with E-state index in [1.807, 2.05) is 0 Å². The van der Waals surface area contributed by atoms with E-state index in [1.165, 1.54) is 16.5 Å². The van der Waals surface area contributed by atoms with Crippen molar-refractivity contribution in [2.24, 2.45) is 5.92 Å². The standard InChI is InChI=1S/C18H20N2/c1-20(17-9-6-14(13-19)7-10-17)18-11-8-15-4-2-3-5-16(15)12-18/h2-5,8,11-12,14,17H,6-7,9-10H2,1H3. The molecule has 20 heavy (non-hydrogen) atoms. The van der Waals surface area contributed by atoms with Gasteiger partial charge in [-0.3, -0.25) is 0 Å². The Labute approximate surface area is 120 Å². The van der Waals surface area contributed by atoms with Gasteiger partial charge in [0.25, 0.3) is 0 Å². The molecule has 2 aromatic carbocycles. The molecule has 1 saturated carbocycles. The van der Waals surface area contributed by atoms with Crippen LogP contribution in [-0.2, 0) is 0 Å². The van der Waals surface area contributed by atoms with E-state index in [0.29, 0.717) is 6.04 Å². The molecule has 102 valence electrons. The predicted octanol–water partition coefficient (Wildman–Crippen LogP) is 4.36. The molecular weight excluding hydrogens is 244 g/mol. The van der Waals surface area contributed by atoms with Gasteiger partial charge in [-0.25, -0.2) is 0 Å². The molecule has 1 aliphatic rings. The van der Waals surface area contributed by atoms with Crippen molar-refractivity contribution in [2.75, 3.05) is 11.9 Å². The fourth-order valence-electron chi connectivity index (χ4n) is 3.20. The second-order valence-electron chi connectivity index (χ2n) is 5.78. The first kappa shape index (κ1) is 13.0. The van der Waals surface area contributed by atoms with Crippen molar-refractivity contribution in [3.63, 3.8) is 0 Å². The van der Waals surface area contributed by atoms with E-state index in [1.54, 1.807) is 0 Å². The Kier molecular flexibility index (Phi) is 3.60. The Morgan fingerprint density at radius 1 is 1.00 bits per heavy atom. The van der Waals surface area contributed by atoms with Crippen LogP contribution in [0, 0.1) is 17.2 Å². The highest BCUT2D eigenvalue weighted by molar-refractivity contribution is 5.85. The second-order valence-corrected chi connectivity index (χ2v) is 5.78. The quantitative estimate of drug-likeness (QED) is 0.806. The summed E-state index contributed by atoms with van der Waals surface area (Å²) in [5.41, 5.74) is 1.28. The van der Waals surface area contributed by atoms with Gasteiger partial charge in [-0.2, -0.15) is 5.26 Å². The van der Waals surface area contributed by atoms with E-state index < -0.39 is 0 Å². The average Bonchev–Trinajstić information content (AvgIpc) is 2.54. The van der Waals surface area contributed by atoms with Crippen LogP contribution in [-0.4, -0.2) is 13.1 Å². The summed E-state index contributed by atoms with van der Waals surface area (Å²) in [5, 5.41) is 11.6. The number of anilines is 1. The Morgan fingerprint density at radius 2 is 1.70 bits per heavy atom. The van der Waals surface area contributed by atoms with Gasteiger partial charge in [0.05, 0.1) is 6.07 Å². The molecular formula is C18H20N2. The molecule has 0 amide bonds. The molecule has 0 saturated heterocycles. The maximum absolute atomic E-state index is 8.99. The molecule has 0 N–H and O–H groups in total. The van der Waals surface area contributed by atoms with Crippen molar-refractivity contribution in [1.29, 1.82) is 5.26 Å². The minimum atomic E-state index is 0.274. The number of nitrogens with zero attached hydrogens (tertiary/aromatic N) is 2. The van der Waals surface area contributed by atoms with Crippen molar-refractivity contribution >= 4 is 16.5 Å². The number of fused-ring (bicyclic) bond motifs is 1.